The summed E-state index contributed by atoms with van der Waals surface area (Å²) in [4.78, 5) is 12.3. The fourth-order valence-electron chi connectivity index (χ4n) is 3.20. The van der Waals surface area contributed by atoms with Crippen molar-refractivity contribution in [1.29, 1.82) is 0 Å². The third-order valence-electron chi connectivity index (χ3n) is 4.94. The van der Waals surface area contributed by atoms with Crippen LogP contribution in [0.1, 0.15) is 21.7 Å². The van der Waals surface area contributed by atoms with Gasteiger partial charge in [-0.2, -0.15) is 0 Å². The average Bonchev–Trinajstić information content (AvgIpc) is 3.50. The van der Waals surface area contributed by atoms with Gasteiger partial charge in [-0.25, -0.2) is 0 Å². The van der Waals surface area contributed by atoms with Crippen LogP contribution in [0.5, 0.6) is 0 Å². The number of hydrogen-bond donors (Lipinski definition) is 1. The number of amides is 1. The molecule has 0 saturated heterocycles. The lowest BCUT2D eigenvalue weighted by Crippen LogP contribution is -2.22. The molecule has 170 valence electrons. The first-order chi connectivity index (χ1) is 16.2. The van der Waals surface area contributed by atoms with Crippen LogP contribution in [0, 0.1) is 0 Å². The Kier molecular flexibility index (Phi) is 7.83. The van der Waals surface area contributed by atoms with Crippen molar-refractivity contribution in [3.8, 4) is 11.4 Å². The highest BCUT2D eigenvalue weighted by Crippen LogP contribution is 2.30. The van der Waals surface area contributed by atoms with Crippen LogP contribution >= 0.6 is 23.4 Å². The van der Waals surface area contributed by atoms with E-state index in [9.17, 15) is 4.79 Å². The number of hydrogen-bond acceptors (Lipinski definition) is 6. The predicted molar refractivity (Wildman–Crippen MR) is 128 cm³/mol. The number of thioether (sulfide) groups is 1. The molecule has 2 aromatic heterocycles. The number of methoxy groups -OCH3 is 1. The summed E-state index contributed by atoms with van der Waals surface area (Å²) in [5, 5.41) is 13.0. The van der Waals surface area contributed by atoms with Crippen molar-refractivity contribution in [2.45, 2.75) is 24.0 Å². The monoisotopic (exact) mass is 482 g/mol. The Morgan fingerprint density at radius 2 is 1.94 bits per heavy atom. The molecule has 1 amide bonds. The summed E-state index contributed by atoms with van der Waals surface area (Å²) in [6.45, 7) is 1.50. The van der Waals surface area contributed by atoms with E-state index in [0.717, 1.165) is 16.3 Å². The van der Waals surface area contributed by atoms with Crippen LogP contribution in [0.4, 0.5) is 0 Å². The summed E-state index contributed by atoms with van der Waals surface area (Å²) in [5.74, 6) is 1.96. The highest BCUT2D eigenvalue weighted by Gasteiger charge is 2.16. The van der Waals surface area contributed by atoms with E-state index in [1.54, 1.807) is 31.2 Å². The molecule has 0 aliphatic carbocycles. The van der Waals surface area contributed by atoms with Gasteiger partial charge in [0.15, 0.2) is 11.0 Å². The maximum atomic E-state index is 12.3. The quantitative estimate of drug-likeness (QED) is 0.318. The van der Waals surface area contributed by atoms with E-state index < -0.39 is 0 Å². The molecule has 0 bridgehead atoms. The Balaban J connectivity index is 1.42. The first-order valence-electron chi connectivity index (χ1n) is 10.3. The third-order valence-corrected chi connectivity index (χ3v) is 6.31. The topological polar surface area (TPSA) is 82.2 Å². The van der Waals surface area contributed by atoms with E-state index >= 15 is 0 Å². The molecule has 0 aliphatic heterocycles. The number of halogens is 1. The van der Waals surface area contributed by atoms with Gasteiger partial charge in [-0.15, -0.1) is 10.2 Å². The van der Waals surface area contributed by atoms with Gasteiger partial charge in [-0.05, 0) is 42.0 Å². The highest BCUT2D eigenvalue weighted by molar-refractivity contribution is 7.98. The minimum absolute atomic E-state index is 0.144. The van der Waals surface area contributed by atoms with Crippen LogP contribution in [-0.4, -0.2) is 34.4 Å². The zero-order valence-electron chi connectivity index (χ0n) is 18.0. The summed E-state index contributed by atoms with van der Waals surface area (Å²) >= 11 is 7.95. The Labute approximate surface area is 201 Å². The fraction of sp³-hybridized carbons (Fsp3) is 0.208. The summed E-state index contributed by atoms with van der Waals surface area (Å²) < 4.78 is 12.5. The van der Waals surface area contributed by atoms with E-state index in [0.29, 0.717) is 47.6 Å². The Morgan fingerprint density at radius 1 is 1.12 bits per heavy atom. The summed E-state index contributed by atoms with van der Waals surface area (Å²) in [7, 11) is 1.67. The standard InChI is InChI=1S/C24H23ClN4O3S/c1-31-14-12-29-22(20-6-2-3-7-21(20)25)27-28-24(29)33-16-17-8-10-18(11-9-17)23(30)26-15-19-5-4-13-32-19/h2-11,13H,12,14-16H2,1H3,(H,26,30). The SMILES string of the molecule is COCCn1c(SCc2ccc(C(=O)NCc3ccco3)cc2)nnc1-c1ccccc1Cl. The minimum atomic E-state index is -0.144. The largest absolute Gasteiger partial charge is 0.467 e. The minimum Gasteiger partial charge on any atom is -0.467 e. The molecule has 9 heteroatoms. The van der Waals surface area contributed by atoms with Gasteiger partial charge in [0.25, 0.3) is 5.91 Å². The van der Waals surface area contributed by atoms with Crippen molar-refractivity contribution in [2.24, 2.45) is 0 Å². The molecule has 4 aromatic rings. The first-order valence-corrected chi connectivity index (χ1v) is 11.7. The number of ether oxygens (including phenoxy) is 1. The van der Waals surface area contributed by atoms with E-state index in [2.05, 4.69) is 15.5 Å². The van der Waals surface area contributed by atoms with E-state index in [1.807, 2.05) is 59.2 Å². The molecule has 33 heavy (non-hydrogen) atoms. The molecule has 0 radical (unpaired) electrons. The molecule has 0 fully saturated rings. The molecule has 0 atom stereocenters. The smallest absolute Gasteiger partial charge is 0.251 e. The van der Waals surface area contributed by atoms with Crippen molar-refractivity contribution >= 4 is 29.3 Å². The van der Waals surface area contributed by atoms with Crippen molar-refractivity contribution in [1.82, 2.24) is 20.1 Å². The van der Waals surface area contributed by atoms with Gasteiger partial charge in [0.05, 0.1) is 31.0 Å². The lowest BCUT2D eigenvalue weighted by Gasteiger charge is -2.11. The van der Waals surface area contributed by atoms with E-state index in [-0.39, 0.29) is 5.91 Å². The second-order valence-corrected chi connectivity index (χ2v) is 8.53. The fourth-order valence-corrected chi connectivity index (χ4v) is 4.34. The van der Waals surface area contributed by atoms with Crippen LogP contribution in [-0.2, 0) is 23.6 Å². The normalized spacial score (nSPS) is 11.0. The third kappa shape index (κ3) is 5.84. The van der Waals surface area contributed by atoms with Gasteiger partial charge in [-0.3, -0.25) is 9.36 Å². The zero-order chi connectivity index (χ0) is 23.0. The molecular weight excluding hydrogens is 460 g/mol. The van der Waals surface area contributed by atoms with Crippen LogP contribution in [0.25, 0.3) is 11.4 Å². The van der Waals surface area contributed by atoms with Crippen molar-refractivity contribution < 1.29 is 13.9 Å². The summed E-state index contributed by atoms with van der Waals surface area (Å²) in [6, 6.07) is 18.7. The lowest BCUT2D eigenvalue weighted by atomic mass is 10.1. The number of rotatable bonds is 10. The number of carbonyl (C=O) groups is 1. The van der Waals surface area contributed by atoms with E-state index in [1.165, 1.54) is 0 Å². The maximum Gasteiger partial charge on any atom is 0.251 e. The summed E-state index contributed by atoms with van der Waals surface area (Å²) in [6.07, 6.45) is 1.58. The van der Waals surface area contributed by atoms with E-state index in [4.69, 9.17) is 20.8 Å². The molecule has 0 unspecified atom stereocenters. The number of nitrogens with one attached hydrogen (secondary N) is 1. The molecule has 2 aromatic carbocycles. The Hall–Kier alpha value is -3.07. The van der Waals surface area contributed by atoms with Crippen molar-refractivity contribution in [3.05, 3.63) is 88.8 Å². The van der Waals surface area contributed by atoms with Gasteiger partial charge in [0, 0.05) is 24.0 Å². The number of furan rings is 1. The Bertz CT molecular complexity index is 1190. The van der Waals surface area contributed by atoms with Crippen molar-refractivity contribution in [2.75, 3.05) is 13.7 Å². The molecule has 0 spiro atoms. The van der Waals surface area contributed by atoms with Gasteiger partial charge < -0.3 is 14.5 Å². The molecule has 0 saturated carbocycles. The number of nitrogens with zero attached hydrogens (tertiary/aromatic N) is 3. The number of benzene rings is 2. The highest BCUT2D eigenvalue weighted by atomic mass is 35.5. The Morgan fingerprint density at radius 3 is 2.67 bits per heavy atom. The maximum absolute atomic E-state index is 12.3. The average molecular weight is 483 g/mol. The van der Waals surface area contributed by atoms with Gasteiger partial charge in [0.1, 0.15) is 5.76 Å². The van der Waals surface area contributed by atoms with Crippen molar-refractivity contribution in [3.63, 3.8) is 0 Å². The van der Waals surface area contributed by atoms with Crippen LogP contribution in [0.15, 0.2) is 76.5 Å². The first kappa shape index (κ1) is 23.1. The van der Waals surface area contributed by atoms with Gasteiger partial charge >= 0.3 is 0 Å². The molecule has 0 aliphatic rings. The predicted octanol–water partition coefficient (Wildman–Crippen LogP) is 5.06. The molecule has 1 N–H and O–H groups in total. The lowest BCUT2D eigenvalue weighted by molar-refractivity contribution is 0.0948. The zero-order valence-corrected chi connectivity index (χ0v) is 19.6. The molecule has 4 rings (SSSR count). The van der Waals surface area contributed by atoms with Crippen LogP contribution in [0.2, 0.25) is 5.02 Å². The number of aromatic nitrogens is 3. The second kappa shape index (κ2) is 11.2. The molecular formula is C24H23ClN4O3S. The molecule has 2 heterocycles. The second-order valence-electron chi connectivity index (χ2n) is 7.18. The summed E-state index contributed by atoms with van der Waals surface area (Å²) in [5.41, 5.74) is 2.50. The van der Waals surface area contributed by atoms with Crippen LogP contribution in [0.3, 0.4) is 0 Å². The number of carbonyl (C=O) groups excluding carboxylic acids is 1. The van der Waals surface area contributed by atoms with Crippen LogP contribution < -0.4 is 5.32 Å². The van der Waals surface area contributed by atoms with Gasteiger partial charge in [0.2, 0.25) is 0 Å². The molecule has 7 nitrogen and oxygen atoms in total. The van der Waals surface area contributed by atoms with Gasteiger partial charge in [-0.1, -0.05) is 47.6 Å².